The summed E-state index contributed by atoms with van der Waals surface area (Å²) in [4.78, 5) is 29.1. The molecular weight excluding hydrogens is 469 g/mol. The van der Waals surface area contributed by atoms with Gasteiger partial charge in [-0.05, 0) is 73.8 Å². The number of carbonyl (C=O) groups is 2. The minimum absolute atomic E-state index is 0.375. The molecule has 0 aromatic heterocycles. The van der Waals surface area contributed by atoms with Gasteiger partial charge in [-0.25, -0.2) is 4.79 Å². The van der Waals surface area contributed by atoms with Gasteiger partial charge in [-0.15, -0.1) is 0 Å². The number of hydrogen-bond donors (Lipinski definition) is 2. The number of likely N-dealkylation sites (tertiary alicyclic amines) is 1. The number of carbonyl (C=O) groups excluding carboxylic acids is 2. The number of fused-ring (bicyclic) bond motifs is 1. The molecule has 2 N–H and O–H groups in total. The van der Waals surface area contributed by atoms with Crippen LogP contribution in [-0.2, 0) is 17.6 Å². The summed E-state index contributed by atoms with van der Waals surface area (Å²) >= 11 is 5.84. The van der Waals surface area contributed by atoms with E-state index in [2.05, 4.69) is 22.6 Å². The maximum Gasteiger partial charge on any atom is 0.393 e. The van der Waals surface area contributed by atoms with Crippen molar-refractivity contribution in [3.63, 3.8) is 0 Å². The molecule has 182 valence electrons. The number of urea groups is 1. The summed E-state index contributed by atoms with van der Waals surface area (Å²) < 4.78 is 40.4. The molecule has 6 nitrogen and oxygen atoms in total. The molecule has 0 saturated carbocycles. The van der Waals surface area contributed by atoms with Crippen LogP contribution in [0, 0.1) is 5.92 Å². The molecule has 10 heteroatoms. The minimum atomic E-state index is -4.51. The number of nitrogens with one attached hydrogen (secondary N) is 2. The van der Waals surface area contributed by atoms with Gasteiger partial charge in [0.1, 0.15) is 6.04 Å². The Balaban J connectivity index is 1.50. The van der Waals surface area contributed by atoms with Crippen molar-refractivity contribution in [2.45, 2.75) is 31.5 Å². The molecule has 0 spiro atoms. The molecule has 3 amide bonds. The molecule has 4 rings (SSSR count). The van der Waals surface area contributed by atoms with Gasteiger partial charge in [0.15, 0.2) is 0 Å². The van der Waals surface area contributed by atoms with Crippen molar-refractivity contribution in [1.29, 1.82) is 0 Å². The van der Waals surface area contributed by atoms with Crippen LogP contribution in [0.15, 0.2) is 42.5 Å². The highest BCUT2D eigenvalue weighted by Gasteiger charge is 2.51. The fraction of sp³-hybridized carbons (Fsp3) is 0.417. The lowest BCUT2D eigenvalue weighted by atomic mass is 10.0. The van der Waals surface area contributed by atoms with Gasteiger partial charge < -0.3 is 20.4 Å². The summed E-state index contributed by atoms with van der Waals surface area (Å²) in [5.74, 6) is -2.41. The molecular formula is C24H26ClF3N4O2. The molecule has 34 heavy (non-hydrogen) atoms. The highest BCUT2D eigenvalue weighted by molar-refractivity contribution is 6.30. The molecule has 2 unspecified atom stereocenters. The predicted octanol–water partition coefficient (Wildman–Crippen LogP) is 4.79. The molecule has 1 saturated heterocycles. The van der Waals surface area contributed by atoms with Crippen molar-refractivity contribution in [2.24, 2.45) is 5.92 Å². The average Bonchev–Trinajstić information content (AvgIpc) is 3.17. The third-order valence-corrected chi connectivity index (χ3v) is 6.67. The normalized spacial score (nSPS) is 21.0. The van der Waals surface area contributed by atoms with Crippen molar-refractivity contribution in [3.8, 4) is 0 Å². The first-order valence-electron chi connectivity index (χ1n) is 11.1. The second-order valence-corrected chi connectivity index (χ2v) is 9.29. The summed E-state index contributed by atoms with van der Waals surface area (Å²) in [6.45, 7) is 1.24. The van der Waals surface area contributed by atoms with Gasteiger partial charge in [-0.3, -0.25) is 4.79 Å². The van der Waals surface area contributed by atoms with Crippen molar-refractivity contribution in [3.05, 3.63) is 58.6 Å². The van der Waals surface area contributed by atoms with E-state index in [0.29, 0.717) is 16.4 Å². The smallest absolute Gasteiger partial charge is 0.324 e. The van der Waals surface area contributed by atoms with E-state index in [-0.39, 0.29) is 0 Å². The van der Waals surface area contributed by atoms with Gasteiger partial charge in [0.05, 0.1) is 5.92 Å². The molecule has 2 heterocycles. The Kier molecular flexibility index (Phi) is 7.04. The van der Waals surface area contributed by atoms with Crippen LogP contribution in [0.2, 0.25) is 5.02 Å². The second-order valence-electron chi connectivity index (χ2n) is 8.86. The van der Waals surface area contributed by atoms with E-state index < -0.39 is 43.0 Å². The Labute approximate surface area is 201 Å². The van der Waals surface area contributed by atoms with Crippen LogP contribution in [0.4, 0.5) is 29.3 Å². The quantitative estimate of drug-likeness (QED) is 0.644. The molecule has 1 fully saturated rings. The summed E-state index contributed by atoms with van der Waals surface area (Å²) in [5, 5.41) is 5.75. The minimum Gasteiger partial charge on any atom is -0.324 e. The van der Waals surface area contributed by atoms with Gasteiger partial charge in [0, 0.05) is 36.0 Å². The first kappa shape index (κ1) is 24.3. The van der Waals surface area contributed by atoms with Gasteiger partial charge in [0.25, 0.3) is 0 Å². The lowest BCUT2D eigenvalue weighted by molar-refractivity contribution is -0.170. The Bertz CT molecular complexity index is 1060. The number of amides is 3. The van der Waals surface area contributed by atoms with Crippen LogP contribution < -0.4 is 10.6 Å². The second kappa shape index (κ2) is 9.84. The molecule has 2 aliphatic rings. The van der Waals surface area contributed by atoms with E-state index >= 15 is 0 Å². The van der Waals surface area contributed by atoms with Crippen LogP contribution in [0.5, 0.6) is 0 Å². The van der Waals surface area contributed by atoms with E-state index in [1.54, 1.807) is 30.3 Å². The van der Waals surface area contributed by atoms with Crippen LogP contribution in [-0.4, -0.2) is 60.6 Å². The third-order valence-electron chi connectivity index (χ3n) is 6.42. The summed E-state index contributed by atoms with van der Waals surface area (Å²) in [6, 6.07) is 9.77. The third kappa shape index (κ3) is 5.64. The Morgan fingerprint density at radius 3 is 2.29 bits per heavy atom. The number of nitrogens with zero attached hydrogens (tertiary/aromatic N) is 2. The Morgan fingerprint density at radius 2 is 1.62 bits per heavy atom. The fourth-order valence-corrected chi connectivity index (χ4v) is 4.54. The zero-order valence-corrected chi connectivity index (χ0v) is 19.4. The van der Waals surface area contributed by atoms with Gasteiger partial charge in [0.2, 0.25) is 5.91 Å². The van der Waals surface area contributed by atoms with E-state index in [4.69, 9.17) is 11.6 Å². The lowest BCUT2D eigenvalue weighted by Gasteiger charge is -2.24. The van der Waals surface area contributed by atoms with Crippen LogP contribution in [0.1, 0.15) is 17.5 Å². The lowest BCUT2D eigenvalue weighted by Crippen LogP contribution is -2.45. The predicted molar refractivity (Wildman–Crippen MR) is 125 cm³/mol. The molecule has 2 aromatic rings. The van der Waals surface area contributed by atoms with Crippen LogP contribution in [0.25, 0.3) is 0 Å². The number of hydrogen-bond acceptors (Lipinski definition) is 3. The highest BCUT2D eigenvalue weighted by atomic mass is 35.5. The summed E-state index contributed by atoms with van der Waals surface area (Å²) in [6.07, 6.45) is -3.28. The highest BCUT2D eigenvalue weighted by Crippen LogP contribution is 2.37. The monoisotopic (exact) mass is 494 g/mol. The van der Waals surface area contributed by atoms with Gasteiger partial charge >= 0.3 is 12.2 Å². The van der Waals surface area contributed by atoms with Crippen molar-refractivity contribution in [1.82, 2.24) is 9.80 Å². The average molecular weight is 495 g/mol. The van der Waals surface area contributed by atoms with E-state index in [1.165, 1.54) is 5.56 Å². The fourth-order valence-electron chi connectivity index (χ4n) is 4.41. The van der Waals surface area contributed by atoms with Crippen molar-refractivity contribution < 1.29 is 22.8 Å². The number of likely N-dealkylation sites (N-methyl/N-ethyl adjacent to an activating group) is 1. The maximum absolute atomic E-state index is 13.5. The van der Waals surface area contributed by atoms with Crippen molar-refractivity contribution in [2.75, 3.05) is 37.3 Å². The zero-order valence-electron chi connectivity index (χ0n) is 18.7. The first-order valence-corrected chi connectivity index (χ1v) is 11.5. The van der Waals surface area contributed by atoms with E-state index in [9.17, 15) is 22.8 Å². The zero-order chi connectivity index (χ0) is 24.5. The van der Waals surface area contributed by atoms with Gasteiger partial charge in [-0.1, -0.05) is 17.7 Å². The van der Waals surface area contributed by atoms with Gasteiger partial charge in [-0.2, -0.15) is 13.2 Å². The number of anilines is 2. The maximum atomic E-state index is 13.5. The molecule has 0 bridgehead atoms. The largest absolute Gasteiger partial charge is 0.393 e. The Morgan fingerprint density at radius 1 is 0.971 bits per heavy atom. The molecule has 2 aromatic carbocycles. The number of alkyl halides is 3. The summed E-state index contributed by atoms with van der Waals surface area (Å²) in [5.41, 5.74) is 3.20. The molecule has 0 aliphatic carbocycles. The molecule has 0 radical (unpaired) electrons. The van der Waals surface area contributed by atoms with Crippen LogP contribution in [0.3, 0.4) is 0 Å². The number of benzene rings is 2. The number of rotatable bonds is 3. The molecule has 2 aliphatic heterocycles. The summed E-state index contributed by atoms with van der Waals surface area (Å²) in [7, 11) is 2.05. The SMILES string of the molecule is CN1CCc2ccc(NC(=O)C3CC(C(F)(F)F)CN3C(=O)Nc3ccc(Cl)cc3)cc2CC1. The Hall–Kier alpha value is -2.78. The topological polar surface area (TPSA) is 64.7 Å². The number of halogens is 4. The standard InChI is InChI=1S/C24H26ClF3N4O2/c1-31-10-8-15-2-5-20(12-16(15)9-11-31)29-22(33)21-13-17(24(26,27)28)14-32(21)23(34)30-19-6-3-18(25)4-7-19/h2-7,12,17,21H,8-11,13-14H2,1H3,(H,29,33)(H,30,34). The van der Waals surface area contributed by atoms with E-state index in [0.717, 1.165) is 36.4 Å². The van der Waals surface area contributed by atoms with Crippen LogP contribution >= 0.6 is 11.6 Å². The van der Waals surface area contributed by atoms with E-state index in [1.807, 2.05) is 12.1 Å². The molecule has 2 atom stereocenters. The first-order chi connectivity index (χ1) is 16.1. The van der Waals surface area contributed by atoms with Crippen molar-refractivity contribution >= 4 is 34.9 Å².